The minimum atomic E-state index is -0.393. The summed E-state index contributed by atoms with van der Waals surface area (Å²) in [6.07, 6.45) is 0. The van der Waals surface area contributed by atoms with Crippen molar-refractivity contribution in [1.82, 2.24) is 0 Å². The second kappa shape index (κ2) is 19.8. The molecule has 96 heavy (non-hydrogen) atoms. The van der Waals surface area contributed by atoms with Gasteiger partial charge in [0.1, 0.15) is 0 Å². The number of benzene rings is 15. The highest BCUT2D eigenvalue weighted by atomic mass is 32.2. The van der Waals surface area contributed by atoms with Crippen molar-refractivity contribution in [2.75, 3.05) is 14.7 Å². The van der Waals surface area contributed by atoms with Crippen LogP contribution in [0.3, 0.4) is 0 Å². The Bertz CT molecular complexity index is 5860. The lowest BCUT2D eigenvalue weighted by Gasteiger charge is -2.47. The Balaban J connectivity index is 0.881. The van der Waals surface area contributed by atoms with Crippen LogP contribution in [0.15, 0.2) is 307 Å². The minimum Gasteiger partial charge on any atom is -0.311 e. The molecule has 0 unspecified atom stereocenters. The molecule has 0 saturated heterocycles. The van der Waals surface area contributed by atoms with Gasteiger partial charge in [0.25, 0.3) is 6.71 Å². The van der Waals surface area contributed by atoms with E-state index in [9.17, 15) is 0 Å². The molecule has 0 atom stereocenters. The summed E-state index contributed by atoms with van der Waals surface area (Å²) in [5.41, 5.74) is 32.8. The van der Waals surface area contributed by atoms with E-state index in [1.54, 1.807) is 0 Å². The van der Waals surface area contributed by atoms with E-state index in [0.717, 1.165) is 5.69 Å². The van der Waals surface area contributed by atoms with Crippen molar-refractivity contribution in [2.24, 2.45) is 0 Å². The summed E-state index contributed by atoms with van der Waals surface area (Å²) < 4.78 is 0. The highest BCUT2D eigenvalue weighted by molar-refractivity contribution is 8.00. The predicted octanol–water partition coefficient (Wildman–Crippen LogP) is 19.9. The van der Waals surface area contributed by atoms with E-state index >= 15 is 0 Å². The molecule has 448 valence electrons. The van der Waals surface area contributed by atoms with E-state index < -0.39 is 5.41 Å². The molecule has 0 spiro atoms. The molecule has 3 nitrogen and oxygen atoms in total. The lowest BCUT2D eigenvalue weighted by Crippen LogP contribution is -2.64. The van der Waals surface area contributed by atoms with Gasteiger partial charge in [-0.05, 0) is 159 Å². The lowest BCUT2D eigenvalue weighted by atomic mass is 9.31. The average Bonchev–Trinajstić information content (AvgIpc) is 0.928. The summed E-state index contributed by atoms with van der Waals surface area (Å²) in [6, 6.07) is 115. The topological polar surface area (TPSA) is 9.72 Å². The number of para-hydroxylation sites is 4. The highest BCUT2D eigenvalue weighted by Crippen LogP contribution is 2.56. The normalized spacial score (nSPS) is 14.9. The van der Waals surface area contributed by atoms with E-state index in [0.29, 0.717) is 0 Å². The number of fused-ring (bicyclic) bond motifs is 18. The quantitative estimate of drug-likeness (QED) is 0.129. The maximum atomic E-state index is 2.70. The number of anilines is 9. The molecule has 6 heteroatoms. The molecular weight excluding hydrogens is 1180 g/mol. The molecule has 0 aromatic heterocycles. The third-order valence-corrected chi connectivity index (χ3v) is 23.9. The van der Waals surface area contributed by atoms with Crippen LogP contribution in [-0.4, -0.2) is 13.4 Å². The van der Waals surface area contributed by atoms with Crippen LogP contribution in [0.4, 0.5) is 51.2 Å². The smallest absolute Gasteiger partial charge is 0.252 e. The van der Waals surface area contributed by atoms with Gasteiger partial charge in [0.2, 0.25) is 6.71 Å². The van der Waals surface area contributed by atoms with Gasteiger partial charge in [0, 0.05) is 82.7 Å². The summed E-state index contributed by atoms with van der Waals surface area (Å²) in [6.45, 7) is 9.50. The zero-order valence-corrected chi connectivity index (χ0v) is 54.5. The number of hydrogen-bond acceptors (Lipinski definition) is 4. The zero-order valence-electron chi connectivity index (χ0n) is 53.7. The van der Waals surface area contributed by atoms with Crippen LogP contribution in [-0.2, 0) is 10.8 Å². The number of rotatable bonds is 3. The van der Waals surface area contributed by atoms with E-state index in [-0.39, 0.29) is 18.8 Å². The predicted molar refractivity (Wildman–Crippen MR) is 409 cm³/mol. The van der Waals surface area contributed by atoms with Gasteiger partial charge in [-0.15, -0.1) is 0 Å². The van der Waals surface area contributed by atoms with Crippen LogP contribution < -0.4 is 47.5 Å². The standard InChI is InChI=1S/C90H61B2N3S/c1-89(2)58-41-37-56(38-42-58)65-31-19-29-63(54-21-7-5-8-22-54)87(65)94-77-35-17-15-33-73(77)91-75-52-76-83(53-79(75)93(80-47-60(89)48-81(94)85(80)91)62-45-46-71-69-27-12-11-25-67(69)68-26-13-14-28-70(68)72(71)51-62)96-84-50-61-49-82-86(84)92(76)74-34-16-18-36-78(74)95(82)88-64(55-23-9-6-10-24-55)30-20-32-66(88)57-39-43-59(44-40-57)90(61,3)4/h5-53H,1-4H3. The van der Waals surface area contributed by atoms with Gasteiger partial charge in [-0.25, -0.2) is 0 Å². The molecule has 0 radical (unpaired) electrons. The van der Waals surface area contributed by atoms with Crippen molar-refractivity contribution >= 4 is 141 Å². The van der Waals surface area contributed by atoms with Crippen LogP contribution in [0.5, 0.6) is 0 Å². The molecule has 8 aliphatic heterocycles. The van der Waals surface area contributed by atoms with Crippen LogP contribution >= 0.6 is 11.8 Å². The van der Waals surface area contributed by atoms with Crippen molar-refractivity contribution in [3.8, 4) is 44.5 Å². The third-order valence-electron chi connectivity index (χ3n) is 22.7. The summed E-state index contributed by atoms with van der Waals surface area (Å²) in [5, 5.41) is 7.58. The van der Waals surface area contributed by atoms with Gasteiger partial charge in [0.05, 0.1) is 11.4 Å². The second-order valence-electron chi connectivity index (χ2n) is 28.2. The molecule has 0 N–H and O–H groups in total. The molecule has 8 bridgehead atoms. The van der Waals surface area contributed by atoms with Crippen molar-refractivity contribution in [2.45, 2.75) is 48.3 Å². The number of nitrogens with zero attached hydrogens (tertiary/aromatic N) is 3. The fourth-order valence-corrected chi connectivity index (χ4v) is 19.1. The number of hydrogen-bond donors (Lipinski definition) is 0. The third kappa shape index (κ3) is 7.43. The minimum absolute atomic E-state index is 0.0773. The molecule has 8 heterocycles. The molecule has 23 rings (SSSR count). The van der Waals surface area contributed by atoms with E-state index in [1.165, 1.54) is 187 Å². The molecule has 8 aliphatic rings. The molecule has 0 fully saturated rings. The SMILES string of the molecule is CC1(C)c2ccc(cc2)-c2cccc(-c3ccccc3)c2N2c3ccccc3B3c4cc5c(cc4Sc4cc1cc2c43)N(c1ccc2c3ccccc3c3ccccc3c2c1)c1cc2cc3c1B5c1ccccc1N3c1c(-c3ccccc3)cccc1-c1ccc(cc1)C2(C)C. The van der Waals surface area contributed by atoms with Crippen LogP contribution in [0.2, 0.25) is 0 Å². The Morgan fingerprint density at radius 3 is 1.20 bits per heavy atom. The van der Waals surface area contributed by atoms with E-state index in [2.05, 4.69) is 340 Å². The fraction of sp³-hybridized carbons (Fsp3) is 0.0667. The molecule has 15 aromatic rings. The first kappa shape index (κ1) is 54.4. The van der Waals surface area contributed by atoms with Gasteiger partial charge in [-0.3, -0.25) is 0 Å². The maximum absolute atomic E-state index is 2.70. The van der Waals surface area contributed by atoms with Crippen LogP contribution in [0, 0.1) is 0 Å². The maximum Gasteiger partial charge on any atom is 0.252 e. The molecular formula is C90H61B2N3S. The van der Waals surface area contributed by atoms with Crippen LogP contribution in [0.25, 0.3) is 76.8 Å². The van der Waals surface area contributed by atoms with E-state index in [4.69, 9.17) is 0 Å². The fourth-order valence-electron chi connectivity index (χ4n) is 17.9. The van der Waals surface area contributed by atoms with E-state index in [1.807, 2.05) is 11.8 Å². The van der Waals surface area contributed by atoms with Crippen molar-refractivity contribution in [3.05, 3.63) is 320 Å². The largest absolute Gasteiger partial charge is 0.311 e. The highest BCUT2D eigenvalue weighted by Gasteiger charge is 2.49. The van der Waals surface area contributed by atoms with Gasteiger partial charge in [-0.2, -0.15) is 0 Å². The molecule has 0 aliphatic carbocycles. The van der Waals surface area contributed by atoms with Gasteiger partial charge < -0.3 is 14.7 Å². The Labute approximate surface area is 564 Å². The average molecular weight is 1240 g/mol. The van der Waals surface area contributed by atoms with Gasteiger partial charge >= 0.3 is 0 Å². The summed E-state index contributed by atoms with van der Waals surface area (Å²) in [5.74, 6) is 0. The Morgan fingerprint density at radius 2 is 0.677 bits per heavy atom. The first-order valence-corrected chi connectivity index (χ1v) is 34.7. The first-order valence-electron chi connectivity index (χ1n) is 33.9. The zero-order chi connectivity index (χ0) is 63.4. The Morgan fingerprint density at radius 1 is 0.260 bits per heavy atom. The first-order chi connectivity index (χ1) is 47.1. The van der Waals surface area contributed by atoms with Gasteiger partial charge in [0.15, 0.2) is 0 Å². The Hall–Kier alpha value is -11.0. The summed E-state index contributed by atoms with van der Waals surface area (Å²) >= 11 is 1.97. The molecule has 0 saturated carbocycles. The molecule has 0 amide bonds. The van der Waals surface area contributed by atoms with Crippen molar-refractivity contribution in [1.29, 1.82) is 0 Å². The lowest BCUT2D eigenvalue weighted by molar-refractivity contribution is 0.639. The summed E-state index contributed by atoms with van der Waals surface area (Å²) in [4.78, 5) is 10.6. The van der Waals surface area contributed by atoms with Crippen molar-refractivity contribution in [3.63, 3.8) is 0 Å². The summed E-state index contributed by atoms with van der Waals surface area (Å²) in [7, 11) is 0. The monoisotopic (exact) mass is 1240 g/mol. The second-order valence-corrected chi connectivity index (χ2v) is 29.3. The van der Waals surface area contributed by atoms with Gasteiger partial charge in [-0.1, -0.05) is 288 Å². The molecule has 15 aromatic carbocycles. The Kier molecular flexibility index (Phi) is 11.2. The van der Waals surface area contributed by atoms with Crippen LogP contribution in [0.1, 0.15) is 49.9 Å². The van der Waals surface area contributed by atoms with Crippen molar-refractivity contribution < 1.29 is 0 Å².